The van der Waals surface area contributed by atoms with E-state index < -0.39 is 0 Å². The van der Waals surface area contributed by atoms with Crippen LogP contribution in [0.5, 0.6) is 0 Å². The number of pyridine rings is 1. The molecule has 0 unspecified atom stereocenters. The molecule has 0 atom stereocenters. The lowest BCUT2D eigenvalue weighted by molar-refractivity contribution is 0.481. The number of halogens is 2. The van der Waals surface area contributed by atoms with E-state index >= 15 is 0 Å². The summed E-state index contributed by atoms with van der Waals surface area (Å²) in [4.78, 5) is 3.98. The van der Waals surface area contributed by atoms with Gasteiger partial charge >= 0.3 is 0 Å². The van der Waals surface area contributed by atoms with Crippen molar-refractivity contribution in [1.82, 2.24) is 4.98 Å². The van der Waals surface area contributed by atoms with Crippen molar-refractivity contribution < 1.29 is 0 Å². The van der Waals surface area contributed by atoms with E-state index in [1.165, 1.54) is 12.8 Å². The number of hydrogen-bond acceptors (Lipinski definition) is 1. The van der Waals surface area contributed by atoms with Crippen molar-refractivity contribution in [3.63, 3.8) is 0 Å². The maximum absolute atomic E-state index is 6.15. The van der Waals surface area contributed by atoms with Gasteiger partial charge < -0.3 is 0 Å². The molecule has 76 valence electrons. The highest BCUT2D eigenvalue weighted by Gasteiger charge is 2.49. The third-order valence-corrected chi connectivity index (χ3v) is 3.82. The Morgan fingerprint density at radius 1 is 1.21 bits per heavy atom. The number of hydrogen-bond donors (Lipinski definition) is 0. The molecule has 1 aromatic rings. The predicted molar refractivity (Wildman–Crippen MR) is 60.0 cm³/mol. The molecule has 0 aliphatic heterocycles. The summed E-state index contributed by atoms with van der Waals surface area (Å²) in [6.45, 7) is 4.44. The summed E-state index contributed by atoms with van der Waals surface area (Å²) in [5.41, 5.74) is 1.32. The zero-order valence-corrected chi connectivity index (χ0v) is 9.86. The van der Waals surface area contributed by atoms with Gasteiger partial charge in [-0.15, -0.1) is 0 Å². The highest BCUT2D eigenvalue weighted by Crippen LogP contribution is 2.57. The van der Waals surface area contributed by atoms with Crippen LogP contribution in [0.3, 0.4) is 0 Å². The lowest BCUT2D eigenvalue weighted by atomic mass is 9.85. The number of aromatic nitrogens is 1. The van der Waals surface area contributed by atoms with Crippen LogP contribution in [0.4, 0.5) is 0 Å². The molecule has 0 radical (unpaired) electrons. The van der Waals surface area contributed by atoms with E-state index in [4.69, 9.17) is 23.2 Å². The van der Waals surface area contributed by atoms with Crippen LogP contribution in [-0.4, -0.2) is 4.98 Å². The summed E-state index contributed by atoms with van der Waals surface area (Å²) >= 11 is 12.3. The molecule has 0 saturated heterocycles. The molecule has 0 N–H and O–H groups in total. The fraction of sp³-hybridized carbons (Fsp3) is 0.545. The lowest BCUT2D eigenvalue weighted by Gasteiger charge is -2.22. The van der Waals surface area contributed by atoms with Crippen LogP contribution in [0.1, 0.15) is 32.3 Å². The normalized spacial score (nSPS) is 18.6. The average molecular weight is 230 g/mol. The minimum absolute atomic E-state index is 0.219. The van der Waals surface area contributed by atoms with Crippen molar-refractivity contribution in [2.45, 2.75) is 32.1 Å². The van der Waals surface area contributed by atoms with E-state index in [1.807, 2.05) is 0 Å². The second-order valence-electron chi connectivity index (χ2n) is 4.29. The van der Waals surface area contributed by atoms with E-state index in [-0.39, 0.29) is 5.41 Å². The van der Waals surface area contributed by atoms with Crippen LogP contribution < -0.4 is 0 Å². The zero-order valence-electron chi connectivity index (χ0n) is 8.35. The second-order valence-corrected chi connectivity index (χ2v) is 5.10. The second kappa shape index (κ2) is 3.39. The van der Waals surface area contributed by atoms with Crippen molar-refractivity contribution in [3.05, 3.63) is 28.0 Å². The fourth-order valence-corrected chi connectivity index (χ4v) is 2.88. The Hall–Kier alpha value is -0.270. The fourth-order valence-electron chi connectivity index (χ4n) is 2.14. The summed E-state index contributed by atoms with van der Waals surface area (Å²) in [6.07, 6.45) is 5.75. The van der Waals surface area contributed by atoms with Crippen molar-refractivity contribution in [2.75, 3.05) is 0 Å². The Morgan fingerprint density at radius 3 is 2.07 bits per heavy atom. The van der Waals surface area contributed by atoms with Gasteiger partial charge in [0.25, 0.3) is 0 Å². The molecule has 1 aliphatic rings. The molecule has 1 aromatic heterocycles. The van der Waals surface area contributed by atoms with Crippen molar-refractivity contribution in [1.29, 1.82) is 0 Å². The molecular formula is C11H13Cl2N. The monoisotopic (exact) mass is 229 g/mol. The third kappa shape index (κ3) is 1.43. The molecule has 1 nitrogen and oxygen atoms in total. The molecule has 1 saturated carbocycles. The molecule has 0 aromatic carbocycles. The van der Waals surface area contributed by atoms with E-state index in [0.29, 0.717) is 16.0 Å². The third-order valence-electron chi connectivity index (χ3n) is 3.25. The molecule has 1 aliphatic carbocycles. The standard InChI is InChI=1S/C11H13Cl2N/c1-7(2)11(3-4-11)10-8(12)5-14-6-9(10)13/h5-7H,3-4H2,1-2H3. The van der Waals surface area contributed by atoms with Crippen LogP contribution in [0.25, 0.3) is 0 Å². The van der Waals surface area contributed by atoms with Crippen molar-refractivity contribution >= 4 is 23.2 Å². The van der Waals surface area contributed by atoms with Gasteiger partial charge in [0.05, 0.1) is 10.0 Å². The minimum atomic E-state index is 0.219. The predicted octanol–water partition coefficient (Wildman–Crippen LogP) is 4.08. The van der Waals surface area contributed by atoms with Crippen LogP contribution in [0.2, 0.25) is 10.0 Å². The van der Waals surface area contributed by atoms with Gasteiger partial charge in [0, 0.05) is 17.8 Å². The van der Waals surface area contributed by atoms with Crippen molar-refractivity contribution in [3.8, 4) is 0 Å². The summed E-state index contributed by atoms with van der Waals surface area (Å²) in [7, 11) is 0. The van der Waals surface area contributed by atoms with Gasteiger partial charge in [-0.05, 0) is 24.3 Å². The van der Waals surface area contributed by atoms with Crippen LogP contribution in [0, 0.1) is 5.92 Å². The Kier molecular flexibility index (Phi) is 2.48. The highest BCUT2D eigenvalue weighted by molar-refractivity contribution is 6.36. The largest absolute Gasteiger partial charge is 0.262 e. The summed E-state index contributed by atoms with van der Waals surface area (Å²) in [5, 5.41) is 1.42. The van der Waals surface area contributed by atoms with Crippen LogP contribution in [-0.2, 0) is 5.41 Å². The quantitative estimate of drug-likeness (QED) is 0.746. The van der Waals surface area contributed by atoms with Gasteiger partial charge in [0.2, 0.25) is 0 Å². The minimum Gasteiger partial charge on any atom is -0.262 e. The van der Waals surface area contributed by atoms with Gasteiger partial charge in [0.1, 0.15) is 0 Å². The first kappa shape index (κ1) is 10.3. The van der Waals surface area contributed by atoms with Crippen molar-refractivity contribution in [2.24, 2.45) is 5.92 Å². The maximum Gasteiger partial charge on any atom is 0.0641 e. The Labute approximate surface area is 94.4 Å². The molecule has 14 heavy (non-hydrogen) atoms. The molecular weight excluding hydrogens is 217 g/mol. The summed E-state index contributed by atoms with van der Waals surface area (Å²) < 4.78 is 0. The molecule has 3 heteroatoms. The lowest BCUT2D eigenvalue weighted by Crippen LogP contribution is -2.16. The van der Waals surface area contributed by atoms with Gasteiger partial charge in [-0.3, -0.25) is 4.98 Å². The first-order valence-electron chi connectivity index (χ1n) is 4.87. The molecule has 1 fully saturated rings. The number of nitrogens with zero attached hydrogens (tertiary/aromatic N) is 1. The molecule has 0 bridgehead atoms. The van der Waals surface area contributed by atoms with Crippen LogP contribution >= 0.6 is 23.2 Å². The first-order chi connectivity index (χ1) is 6.58. The maximum atomic E-state index is 6.15. The molecule has 2 rings (SSSR count). The topological polar surface area (TPSA) is 12.9 Å². The zero-order chi connectivity index (χ0) is 10.3. The van der Waals surface area contributed by atoms with E-state index in [0.717, 1.165) is 5.56 Å². The Balaban J connectivity index is 2.51. The Morgan fingerprint density at radius 2 is 1.71 bits per heavy atom. The summed E-state index contributed by atoms with van der Waals surface area (Å²) in [6, 6.07) is 0. The highest BCUT2D eigenvalue weighted by atomic mass is 35.5. The van der Waals surface area contributed by atoms with Gasteiger partial charge in [-0.1, -0.05) is 37.0 Å². The van der Waals surface area contributed by atoms with Crippen LogP contribution in [0.15, 0.2) is 12.4 Å². The summed E-state index contributed by atoms with van der Waals surface area (Å²) in [5.74, 6) is 0.583. The molecule has 1 heterocycles. The average Bonchev–Trinajstić information content (AvgIpc) is 2.85. The van der Waals surface area contributed by atoms with E-state index in [2.05, 4.69) is 18.8 Å². The van der Waals surface area contributed by atoms with E-state index in [1.54, 1.807) is 12.4 Å². The first-order valence-corrected chi connectivity index (χ1v) is 5.63. The molecule has 0 spiro atoms. The van der Waals surface area contributed by atoms with E-state index in [9.17, 15) is 0 Å². The van der Waals surface area contributed by atoms with Gasteiger partial charge in [0.15, 0.2) is 0 Å². The van der Waals surface area contributed by atoms with Gasteiger partial charge in [-0.2, -0.15) is 0 Å². The Bertz CT molecular complexity index is 336. The van der Waals surface area contributed by atoms with Gasteiger partial charge in [-0.25, -0.2) is 0 Å². The smallest absolute Gasteiger partial charge is 0.0641 e. The SMILES string of the molecule is CC(C)C1(c2c(Cl)cncc2Cl)CC1. The number of rotatable bonds is 2. The molecule has 0 amide bonds.